The molecule has 4 heteroatoms. The van der Waals surface area contributed by atoms with Gasteiger partial charge in [0.2, 0.25) is 5.91 Å². The van der Waals surface area contributed by atoms with E-state index in [4.69, 9.17) is 0 Å². The first-order chi connectivity index (χ1) is 7.57. The second-order valence-corrected chi connectivity index (χ2v) is 4.48. The summed E-state index contributed by atoms with van der Waals surface area (Å²) in [5.74, 6) is 0.145. The Balaban J connectivity index is 3.30. The Morgan fingerprint density at radius 1 is 1.25 bits per heavy atom. The molecule has 0 aromatic carbocycles. The van der Waals surface area contributed by atoms with Crippen LogP contribution >= 0.6 is 0 Å². The van der Waals surface area contributed by atoms with Crippen LogP contribution in [0.4, 0.5) is 0 Å². The maximum Gasteiger partial charge on any atom is 0.221 e. The Hall–Kier alpha value is -0.610. The molecule has 0 fully saturated rings. The molecule has 0 atom stereocenters. The highest BCUT2D eigenvalue weighted by molar-refractivity contribution is 5.75. The van der Waals surface area contributed by atoms with Crippen molar-refractivity contribution in [2.45, 2.75) is 39.2 Å². The summed E-state index contributed by atoms with van der Waals surface area (Å²) in [5, 5.41) is 5.88. The van der Waals surface area contributed by atoms with Crippen molar-refractivity contribution in [3.8, 4) is 0 Å². The van der Waals surface area contributed by atoms with Gasteiger partial charge in [-0.3, -0.25) is 4.79 Å². The van der Waals surface area contributed by atoms with Gasteiger partial charge >= 0.3 is 0 Å². The topological polar surface area (TPSA) is 44.4 Å². The highest BCUT2D eigenvalue weighted by Crippen LogP contribution is 1.97. The molecule has 0 aliphatic rings. The third-order valence-electron chi connectivity index (χ3n) is 2.74. The van der Waals surface area contributed by atoms with E-state index in [1.54, 1.807) is 0 Å². The summed E-state index contributed by atoms with van der Waals surface area (Å²) < 4.78 is 0. The van der Waals surface area contributed by atoms with Gasteiger partial charge in [-0.25, -0.2) is 0 Å². The molecule has 0 aliphatic heterocycles. The Labute approximate surface area is 99.8 Å². The fraction of sp³-hybridized carbons (Fsp3) is 0.917. The number of hydrogen-bond donors (Lipinski definition) is 2. The molecule has 0 rings (SSSR count). The second kappa shape index (κ2) is 9.60. The number of unbranched alkanes of at least 4 members (excludes halogenated alkanes) is 1. The van der Waals surface area contributed by atoms with E-state index < -0.39 is 0 Å². The van der Waals surface area contributed by atoms with E-state index in [0.29, 0.717) is 12.5 Å². The van der Waals surface area contributed by atoms with Gasteiger partial charge in [-0.05, 0) is 47.3 Å². The third kappa shape index (κ3) is 8.68. The van der Waals surface area contributed by atoms with Crippen LogP contribution in [0, 0.1) is 0 Å². The summed E-state index contributed by atoms with van der Waals surface area (Å²) in [7, 11) is 3.99. The first-order valence-electron chi connectivity index (χ1n) is 6.19. The lowest BCUT2D eigenvalue weighted by Gasteiger charge is -2.20. The lowest BCUT2D eigenvalue weighted by atomic mass is 10.2. The lowest BCUT2D eigenvalue weighted by Crippen LogP contribution is -2.29. The summed E-state index contributed by atoms with van der Waals surface area (Å²) in [6.45, 7) is 7.04. The molecule has 0 bridgehead atoms. The van der Waals surface area contributed by atoms with Crippen molar-refractivity contribution in [3.05, 3.63) is 0 Å². The van der Waals surface area contributed by atoms with E-state index in [9.17, 15) is 4.79 Å². The fourth-order valence-corrected chi connectivity index (χ4v) is 1.30. The minimum absolute atomic E-state index is 0.145. The van der Waals surface area contributed by atoms with Crippen molar-refractivity contribution < 1.29 is 4.79 Å². The average molecular weight is 229 g/mol. The van der Waals surface area contributed by atoms with Crippen molar-refractivity contribution in [1.82, 2.24) is 15.5 Å². The smallest absolute Gasteiger partial charge is 0.221 e. The van der Waals surface area contributed by atoms with E-state index in [1.165, 1.54) is 0 Å². The summed E-state index contributed by atoms with van der Waals surface area (Å²) in [6.07, 6.45) is 2.77. The summed E-state index contributed by atoms with van der Waals surface area (Å²) in [6, 6.07) is 0.602. The van der Waals surface area contributed by atoms with E-state index >= 15 is 0 Å². The van der Waals surface area contributed by atoms with Gasteiger partial charge in [0.05, 0.1) is 0 Å². The van der Waals surface area contributed by atoms with E-state index in [0.717, 1.165) is 32.5 Å². The Kier molecular flexibility index (Phi) is 9.24. The minimum atomic E-state index is 0.145. The Morgan fingerprint density at radius 3 is 2.50 bits per heavy atom. The van der Waals surface area contributed by atoms with Crippen molar-refractivity contribution in [3.63, 3.8) is 0 Å². The molecule has 0 saturated carbocycles. The Morgan fingerprint density at radius 2 is 1.94 bits per heavy atom. The molecule has 0 saturated heterocycles. The molecular weight excluding hydrogens is 202 g/mol. The largest absolute Gasteiger partial charge is 0.356 e. The first kappa shape index (κ1) is 15.4. The third-order valence-corrected chi connectivity index (χ3v) is 2.74. The zero-order chi connectivity index (χ0) is 12.4. The highest BCUT2D eigenvalue weighted by Gasteiger charge is 2.02. The normalized spacial score (nSPS) is 11.1. The van der Waals surface area contributed by atoms with E-state index in [-0.39, 0.29) is 5.91 Å². The monoisotopic (exact) mass is 229 g/mol. The van der Waals surface area contributed by atoms with Crippen LogP contribution in [0.2, 0.25) is 0 Å². The van der Waals surface area contributed by atoms with Crippen LogP contribution in [0.1, 0.15) is 33.1 Å². The fourth-order valence-electron chi connectivity index (χ4n) is 1.30. The molecule has 2 N–H and O–H groups in total. The van der Waals surface area contributed by atoms with Gasteiger partial charge in [0.15, 0.2) is 0 Å². The quantitative estimate of drug-likeness (QED) is 0.576. The molecule has 0 aliphatic carbocycles. The van der Waals surface area contributed by atoms with Crippen LogP contribution in [0.5, 0.6) is 0 Å². The van der Waals surface area contributed by atoms with Crippen molar-refractivity contribution in [2.75, 3.05) is 33.7 Å². The zero-order valence-electron chi connectivity index (χ0n) is 11.2. The average Bonchev–Trinajstić information content (AvgIpc) is 2.25. The van der Waals surface area contributed by atoms with Crippen molar-refractivity contribution >= 4 is 5.91 Å². The number of carbonyl (C=O) groups excluding carboxylic acids is 1. The molecule has 4 nitrogen and oxygen atoms in total. The molecule has 0 spiro atoms. The predicted molar refractivity (Wildman–Crippen MR) is 68.6 cm³/mol. The zero-order valence-corrected chi connectivity index (χ0v) is 11.2. The summed E-state index contributed by atoms with van der Waals surface area (Å²) in [4.78, 5) is 13.6. The van der Waals surface area contributed by atoms with E-state index in [2.05, 4.69) is 36.4 Å². The molecule has 16 heavy (non-hydrogen) atoms. The number of amides is 1. The number of rotatable bonds is 9. The van der Waals surface area contributed by atoms with Gasteiger partial charge in [0.25, 0.3) is 0 Å². The van der Waals surface area contributed by atoms with Crippen LogP contribution in [-0.2, 0) is 4.79 Å². The standard InChI is InChI=1S/C12H27N3O/c1-11(2)15(4)10-6-5-8-14-12(16)7-9-13-3/h11,13H,5-10H2,1-4H3,(H,14,16). The van der Waals surface area contributed by atoms with E-state index in [1.807, 2.05) is 7.05 Å². The molecular formula is C12H27N3O. The number of nitrogens with one attached hydrogen (secondary N) is 2. The predicted octanol–water partition coefficient (Wildman–Crippen LogP) is 0.833. The molecule has 1 amide bonds. The van der Waals surface area contributed by atoms with Crippen LogP contribution in [0.15, 0.2) is 0 Å². The van der Waals surface area contributed by atoms with Crippen molar-refractivity contribution in [2.24, 2.45) is 0 Å². The van der Waals surface area contributed by atoms with Crippen molar-refractivity contribution in [1.29, 1.82) is 0 Å². The van der Waals surface area contributed by atoms with Crippen LogP contribution in [-0.4, -0.2) is 50.6 Å². The maximum absolute atomic E-state index is 11.2. The number of hydrogen-bond acceptors (Lipinski definition) is 3. The molecule has 96 valence electrons. The van der Waals surface area contributed by atoms with Gasteiger partial charge in [-0.2, -0.15) is 0 Å². The van der Waals surface area contributed by atoms with Crippen LogP contribution < -0.4 is 10.6 Å². The van der Waals surface area contributed by atoms with Gasteiger partial charge < -0.3 is 15.5 Å². The summed E-state index contributed by atoms with van der Waals surface area (Å²) in [5.41, 5.74) is 0. The van der Waals surface area contributed by atoms with Gasteiger partial charge in [-0.1, -0.05) is 0 Å². The molecule has 0 aromatic rings. The highest BCUT2D eigenvalue weighted by atomic mass is 16.1. The lowest BCUT2D eigenvalue weighted by molar-refractivity contribution is -0.120. The maximum atomic E-state index is 11.2. The second-order valence-electron chi connectivity index (χ2n) is 4.48. The first-order valence-corrected chi connectivity index (χ1v) is 6.19. The molecule has 0 heterocycles. The minimum Gasteiger partial charge on any atom is -0.356 e. The van der Waals surface area contributed by atoms with Crippen LogP contribution in [0.3, 0.4) is 0 Å². The van der Waals surface area contributed by atoms with Gasteiger partial charge in [0, 0.05) is 25.6 Å². The number of nitrogens with zero attached hydrogens (tertiary/aromatic N) is 1. The molecule has 0 radical (unpaired) electrons. The van der Waals surface area contributed by atoms with Gasteiger partial charge in [-0.15, -0.1) is 0 Å². The number of carbonyl (C=O) groups is 1. The van der Waals surface area contributed by atoms with Gasteiger partial charge in [0.1, 0.15) is 0 Å². The van der Waals surface area contributed by atoms with Crippen LogP contribution in [0.25, 0.3) is 0 Å². The molecule has 0 unspecified atom stereocenters. The summed E-state index contributed by atoms with van der Waals surface area (Å²) >= 11 is 0. The molecule has 0 aromatic heterocycles. The Bertz CT molecular complexity index is 183. The SMILES string of the molecule is CNCCC(=O)NCCCCN(C)C(C)C.